The number of allylic oxidation sites excluding steroid dienone is 2. The van der Waals surface area contributed by atoms with Crippen LogP contribution in [0.5, 0.6) is 0 Å². The quantitative estimate of drug-likeness (QED) is 0.426. The van der Waals surface area contributed by atoms with Crippen molar-refractivity contribution < 1.29 is 19.7 Å². The van der Waals surface area contributed by atoms with Gasteiger partial charge in [0.1, 0.15) is 5.41 Å². The highest BCUT2D eigenvalue weighted by atomic mass is 16.5. The number of methoxy groups -OCH3 is 1. The standard InChI is InChI=1S/C31H50O4/c1-18-17-23(32)31(26(33)34)16-15-29(6)20(25(31)19(18)2)9-10-22-28(5)13-12-24(35-8)27(3,4)21(28)11-14-30(22,29)7/h9,18-19,21-25,32H,10-17H2,1-8H3,(H,33,34)/t18-,19+,21?,22-,23?,24+,25+,28+,29-,30-,31-/m1/s1. The van der Waals surface area contributed by atoms with Gasteiger partial charge in [-0.2, -0.15) is 0 Å². The molecule has 0 saturated heterocycles. The summed E-state index contributed by atoms with van der Waals surface area (Å²) < 4.78 is 6.00. The molecule has 0 aromatic rings. The highest BCUT2D eigenvalue weighted by Crippen LogP contribution is 2.75. The zero-order chi connectivity index (χ0) is 25.8. The van der Waals surface area contributed by atoms with E-state index in [-0.39, 0.29) is 33.5 Å². The van der Waals surface area contributed by atoms with Crippen molar-refractivity contribution in [3.05, 3.63) is 11.6 Å². The fourth-order valence-electron chi connectivity index (χ4n) is 11.3. The molecule has 0 amide bonds. The zero-order valence-electron chi connectivity index (χ0n) is 23.5. The Labute approximate surface area is 213 Å². The van der Waals surface area contributed by atoms with E-state index < -0.39 is 17.5 Å². The molecule has 11 atom stereocenters. The minimum absolute atomic E-state index is 0.0131. The minimum atomic E-state index is -1.03. The second kappa shape index (κ2) is 7.82. The molecule has 198 valence electrons. The number of carboxylic acid groups (broad SMARTS) is 1. The molecule has 35 heavy (non-hydrogen) atoms. The summed E-state index contributed by atoms with van der Waals surface area (Å²) in [6.45, 7) is 17.0. The van der Waals surface area contributed by atoms with Crippen molar-refractivity contribution >= 4 is 5.97 Å². The van der Waals surface area contributed by atoms with Crippen molar-refractivity contribution in [1.29, 1.82) is 0 Å². The first kappa shape index (κ1) is 25.8. The Morgan fingerprint density at radius 2 is 1.69 bits per heavy atom. The summed E-state index contributed by atoms with van der Waals surface area (Å²) >= 11 is 0. The van der Waals surface area contributed by atoms with Gasteiger partial charge in [0.05, 0.1) is 12.2 Å². The molecule has 4 fully saturated rings. The maximum Gasteiger partial charge on any atom is 0.312 e. The smallest absolute Gasteiger partial charge is 0.312 e. The topological polar surface area (TPSA) is 66.8 Å². The SMILES string of the molecule is CO[C@H]1CC[C@@]2(C)C(CC[C@]3(C)[C@@H]2CC=C2[C@@H]4[C@@H](C)[C@H](C)CC(O)[C@]4(C(=O)O)CC[C@]23C)C1(C)C. The Hall–Kier alpha value is -0.870. The Bertz CT molecular complexity index is 923. The van der Waals surface area contributed by atoms with Crippen LogP contribution in [0.15, 0.2) is 11.6 Å². The van der Waals surface area contributed by atoms with Crippen molar-refractivity contribution in [3.8, 4) is 0 Å². The van der Waals surface area contributed by atoms with Gasteiger partial charge in [0.25, 0.3) is 0 Å². The van der Waals surface area contributed by atoms with Gasteiger partial charge in [-0.05, 0) is 96.7 Å². The maximum absolute atomic E-state index is 12.9. The lowest BCUT2D eigenvalue weighted by Crippen LogP contribution is -2.67. The second-order valence-corrected chi connectivity index (χ2v) is 14.8. The first-order chi connectivity index (χ1) is 16.2. The lowest BCUT2D eigenvalue weighted by atomic mass is 9.33. The van der Waals surface area contributed by atoms with E-state index in [9.17, 15) is 15.0 Å². The molecule has 0 heterocycles. The van der Waals surface area contributed by atoms with Crippen LogP contribution in [-0.4, -0.2) is 35.5 Å². The Balaban J connectivity index is 1.61. The number of rotatable bonds is 2. The third-order valence-electron chi connectivity index (χ3n) is 13.7. The molecule has 0 bridgehead atoms. The van der Waals surface area contributed by atoms with E-state index in [1.165, 1.54) is 24.8 Å². The third-order valence-corrected chi connectivity index (χ3v) is 13.7. The molecule has 0 spiro atoms. The van der Waals surface area contributed by atoms with Crippen molar-refractivity contribution in [2.75, 3.05) is 7.11 Å². The van der Waals surface area contributed by atoms with Gasteiger partial charge in [-0.3, -0.25) is 4.79 Å². The fourth-order valence-corrected chi connectivity index (χ4v) is 11.3. The zero-order valence-corrected chi connectivity index (χ0v) is 23.5. The highest BCUT2D eigenvalue weighted by molar-refractivity contribution is 5.77. The van der Waals surface area contributed by atoms with Gasteiger partial charge in [0.15, 0.2) is 0 Å². The second-order valence-electron chi connectivity index (χ2n) is 14.8. The molecular formula is C31H50O4. The summed E-state index contributed by atoms with van der Waals surface area (Å²) in [6, 6.07) is 0. The predicted octanol–water partition coefficient (Wildman–Crippen LogP) is 6.71. The Morgan fingerprint density at radius 3 is 2.31 bits per heavy atom. The van der Waals surface area contributed by atoms with Crippen LogP contribution in [0, 0.1) is 56.7 Å². The number of aliphatic hydroxyl groups excluding tert-OH is 1. The van der Waals surface area contributed by atoms with Gasteiger partial charge in [-0.25, -0.2) is 0 Å². The van der Waals surface area contributed by atoms with Crippen LogP contribution >= 0.6 is 0 Å². The number of aliphatic hydroxyl groups is 1. The van der Waals surface area contributed by atoms with E-state index in [1.54, 1.807) is 0 Å². The van der Waals surface area contributed by atoms with Gasteiger partial charge in [-0.15, -0.1) is 0 Å². The van der Waals surface area contributed by atoms with E-state index in [4.69, 9.17) is 4.74 Å². The maximum atomic E-state index is 12.9. The molecule has 0 aromatic carbocycles. The lowest BCUT2D eigenvalue weighted by molar-refractivity contribution is -0.216. The summed E-state index contributed by atoms with van der Waals surface area (Å²) in [5, 5.41) is 21.8. The van der Waals surface area contributed by atoms with Crippen LogP contribution in [0.2, 0.25) is 0 Å². The molecule has 5 rings (SSSR count). The van der Waals surface area contributed by atoms with E-state index in [2.05, 4.69) is 54.5 Å². The normalized spacial score (nSPS) is 55.0. The van der Waals surface area contributed by atoms with Gasteiger partial charge < -0.3 is 14.9 Å². The van der Waals surface area contributed by atoms with Gasteiger partial charge >= 0.3 is 5.97 Å². The molecule has 4 saturated carbocycles. The molecule has 2 unspecified atom stereocenters. The number of fused-ring (bicyclic) bond motifs is 7. The van der Waals surface area contributed by atoms with E-state index >= 15 is 0 Å². The number of ether oxygens (including phenoxy) is 1. The average Bonchev–Trinajstić information content (AvgIpc) is 2.77. The minimum Gasteiger partial charge on any atom is -0.481 e. The molecule has 0 radical (unpaired) electrons. The summed E-state index contributed by atoms with van der Waals surface area (Å²) in [6.07, 6.45) is 9.95. The van der Waals surface area contributed by atoms with Crippen molar-refractivity contribution in [2.24, 2.45) is 56.7 Å². The monoisotopic (exact) mass is 486 g/mol. The van der Waals surface area contributed by atoms with Gasteiger partial charge in [0, 0.05) is 13.0 Å². The highest BCUT2D eigenvalue weighted by Gasteiger charge is 2.70. The van der Waals surface area contributed by atoms with Crippen molar-refractivity contribution in [2.45, 2.75) is 112 Å². The van der Waals surface area contributed by atoms with Crippen LogP contribution in [0.25, 0.3) is 0 Å². The number of hydrogen-bond acceptors (Lipinski definition) is 3. The Kier molecular flexibility index (Phi) is 5.76. The largest absolute Gasteiger partial charge is 0.481 e. The van der Waals surface area contributed by atoms with Gasteiger partial charge in [0.2, 0.25) is 0 Å². The molecule has 5 aliphatic rings. The molecule has 4 nitrogen and oxygen atoms in total. The summed E-state index contributed by atoms with van der Waals surface area (Å²) in [7, 11) is 1.89. The molecule has 4 heteroatoms. The van der Waals surface area contributed by atoms with Crippen LogP contribution in [0.1, 0.15) is 99.8 Å². The molecule has 5 aliphatic carbocycles. The van der Waals surface area contributed by atoms with Crippen LogP contribution in [0.4, 0.5) is 0 Å². The number of carboxylic acids is 1. The number of aliphatic carboxylic acids is 1. The molecule has 2 N–H and O–H groups in total. The summed E-state index contributed by atoms with van der Waals surface area (Å²) in [5.74, 6) is 0.986. The summed E-state index contributed by atoms with van der Waals surface area (Å²) in [5.41, 5.74) is 0.920. The summed E-state index contributed by atoms with van der Waals surface area (Å²) in [4.78, 5) is 12.9. The number of hydrogen-bond donors (Lipinski definition) is 2. The van der Waals surface area contributed by atoms with E-state index in [0.29, 0.717) is 36.7 Å². The van der Waals surface area contributed by atoms with E-state index in [0.717, 1.165) is 19.3 Å². The van der Waals surface area contributed by atoms with Crippen LogP contribution < -0.4 is 0 Å². The first-order valence-electron chi connectivity index (χ1n) is 14.4. The molecule has 0 aliphatic heterocycles. The van der Waals surface area contributed by atoms with Gasteiger partial charge in [-0.1, -0.05) is 60.1 Å². The predicted molar refractivity (Wildman–Crippen MR) is 139 cm³/mol. The lowest BCUT2D eigenvalue weighted by Gasteiger charge is -2.71. The van der Waals surface area contributed by atoms with Crippen LogP contribution in [0.3, 0.4) is 0 Å². The van der Waals surface area contributed by atoms with Crippen molar-refractivity contribution in [1.82, 2.24) is 0 Å². The third kappa shape index (κ3) is 2.96. The Morgan fingerprint density at radius 1 is 1.00 bits per heavy atom. The molecule has 0 aromatic heterocycles. The molecular weight excluding hydrogens is 436 g/mol. The fraction of sp³-hybridized carbons (Fsp3) is 0.903. The first-order valence-corrected chi connectivity index (χ1v) is 14.4. The van der Waals surface area contributed by atoms with Crippen molar-refractivity contribution in [3.63, 3.8) is 0 Å². The van der Waals surface area contributed by atoms with Crippen LogP contribution in [-0.2, 0) is 9.53 Å². The van der Waals surface area contributed by atoms with E-state index in [1.807, 2.05) is 7.11 Å². The number of carbonyl (C=O) groups is 1. The average molecular weight is 487 g/mol.